The van der Waals surface area contributed by atoms with E-state index in [4.69, 9.17) is 0 Å². The Hall–Kier alpha value is -2.52. The van der Waals surface area contributed by atoms with Crippen LogP contribution in [0.5, 0.6) is 0 Å². The highest BCUT2D eigenvalue weighted by atomic mass is 16.6. The average Bonchev–Trinajstić information content (AvgIpc) is 2.91. The standard InChI is InChI=1S/C15H18N2O7/c1-9(19)15(8-18)6-5-13(20)16(15)11-4-3-10(14(21)24-2)7-12(11)17(22)23/h3-4,7,9,18-19H,5-6,8H2,1-2H3. The second kappa shape index (κ2) is 6.54. The summed E-state index contributed by atoms with van der Waals surface area (Å²) in [5.74, 6) is -1.19. The first-order chi connectivity index (χ1) is 11.3. The molecule has 1 aliphatic rings. The molecule has 1 heterocycles. The van der Waals surface area contributed by atoms with Crippen molar-refractivity contribution < 1.29 is 29.5 Å². The average molecular weight is 338 g/mol. The first-order valence-electron chi connectivity index (χ1n) is 7.27. The minimum atomic E-state index is -1.34. The molecular formula is C15H18N2O7. The number of nitro benzene ring substituents is 1. The summed E-state index contributed by atoms with van der Waals surface area (Å²) in [6, 6.07) is 3.56. The molecule has 9 nitrogen and oxygen atoms in total. The van der Waals surface area contributed by atoms with Gasteiger partial charge in [-0.15, -0.1) is 0 Å². The van der Waals surface area contributed by atoms with Crippen LogP contribution in [0.3, 0.4) is 0 Å². The Morgan fingerprint density at radius 1 is 1.54 bits per heavy atom. The number of hydrogen-bond acceptors (Lipinski definition) is 7. The highest BCUT2D eigenvalue weighted by Gasteiger charge is 2.51. The molecule has 2 rings (SSSR count). The summed E-state index contributed by atoms with van der Waals surface area (Å²) >= 11 is 0. The van der Waals surface area contributed by atoms with Gasteiger partial charge in [-0.2, -0.15) is 0 Å². The van der Waals surface area contributed by atoms with E-state index >= 15 is 0 Å². The van der Waals surface area contributed by atoms with Gasteiger partial charge in [0.05, 0.1) is 35.8 Å². The van der Waals surface area contributed by atoms with E-state index in [-0.39, 0.29) is 24.1 Å². The van der Waals surface area contributed by atoms with E-state index in [0.717, 1.165) is 18.1 Å². The smallest absolute Gasteiger partial charge is 0.338 e. The number of aliphatic hydroxyl groups is 2. The van der Waals surface area contributed by atoms with Crippen molar-refractivity contribution >= 4 is 23.3 Å². The van der Waals surface area contributed by atoms with Crippen molar-refractivity contribution in [3.63, 3.8) is 0 Å². The summed E-state index contributed by atoms with van der Waals surface area (Å²) in [6.45, 7) is 0.864. The number of esters is 1. The molecule has 0 spiro atoms. The molecule has 0 aliphatic carbocycles. The molecule has 130 valence electrons. The molecule has 1 aliphatic heterocycles. The maximum absolute atomic E-state index is 12.3. The van der Waals surface area contributed by atoms with Gasteiger partial charge in [0.1, 0.15) is 5.69 Å². The van der Waals surface area contributed by atoms with Crippen LogP contribution >= 0.6 is 0 Å². The van der Waals surface area contributed by atoms with E-state index in [0.29, 0.717) is 0 Å². The Labute approximate surface area is 137 Å². The van der Waals surface area contributed by atoms with Gasteiger partial charge in [0.2, 0.25) is 5.91 Å². The zero-order chi connectivity index (χ0) is 18.1. The molecule has 1 aromatic carbocycles. The number of aliphatic hydroxyl groups excluding tert-OH is 2. The molecule has 0 bridgehead atoms. The number of amides is 1. The summed E-state index contributed by atoms with van der Waals surface area (Å²) in [4.78, 5) is 35.6. The Balaban J connectivity index is 2.63. The van der Waals surface area contributed by atoms with E-state index in [1.54, 1.807) is 0 Å². The number of rotatable bonds is 5. The van der Waals surface area contributed by atoms with E-state index in [1.165, 1.54) is 19.1 Å². The summed E-state index contributed by atoms with van der Waals surface area (Å²) < 4.78 is 4.54. The van der Waals surface area contributed by atoms with Crippen molar-refractivity contribution in [2.24, 2.45) is 0 Å². The molecule has 9 heteroatoms. The topological polar surface area (TPSA) is 130 Å². The lowest BCUT2D eigenvalue weighted by Crippen LogP contribution is -2.56. The van der Waals surface area contributed by atoms with Crippen molar-refractivity contribution in [2.75, 3.05) is 18.6 Å². The monoisotopic (exact) mass is 338 g/mol. The van der Waals surface area contributed by atoms with Crippen LogP contribution in [0.2, 0.25) is 0 Å². The van der Waals surface area contributed by atoms with Gasteiger partial charge in [-0.05, 0) is 25.5 Å². The SMILES string of the molecule is COC(=O)c1ccc(N2C(=O)CCC2(CO)C(C)O)c([N+](=O)[O-])c1. The molecule has 2 N–H and O–H groups in total. The Morgan fingerprint density at radius 3 is 2.71 bits per heavy atom. The number of hydrogen-bond donors (Lipinski definition) is 2. The van der Waals surface area contributed by atoms with Crippen molar-refractivity contribution in [1.29, 1.82) is 0 Å². The second-order valence-electron chi connectivity index (χ2n) is 5.62. The van der Waals surface area contributed by atoms with Crippen molar-refractivity contribution in [2.45, 2.75) is 31.4 Å². The number of ether oxygens (including phenoxy) is 1. The van der Waals surface area contributed by atoms with Gasteiger partial charge in [-0.25, -0.2) is 4.79 Å². The first kappa shape index (κ1) is 17.8. The lowest BCUT2D eigenvalue weighted by molar-refractivity contribution is -0.384. The van der Waals surface area contributed by atoms with Crippen LogP contribution in [0, 0.1) is 10.1 Å². The van der Waals surface area contributed by atoms with Crippen molar-refractivity contribution in [3.8, 4) is 0 Å². The number of nitrogens with zero attached hydrogens (tertiary/aromatic N) is 2. The van der Waals surface area contributed by atoms with Crippen LogP contribution in [0.15, 0.2) is 18.2 Å². The third kappa shape index (κ3) is 2.72. The third-order valence-electron chi connectivity index (χ3n) is 4.35. The quantitative estimate of drug-likeness (QED) is 0.457. The predicted octanol–water partition coefficient (Wildman–Crippen LogP) is 0.620. The van der Waals surface area contributed by atoms with Gasteiger partial charge in [0.15, 0.2) is 0 Å². The van der Waals surface area contributed by atoms with E-state index in [9.17, 15) is 29.9 Å². The fourth-order valence-corrected chi connectivity index (χ4v) is 2.95. The van der Waals surface area contributed by atoms with Gasteiger partial charge in [-0.1, -0.05) is 0 Å². The van der Waals surface area contributed by atoms with E-state index < -0.39 is 40.7 Å². The van der Waals surface area contributed by atoms with Gasteiger partial charge < -0.3 is 14.9 Å². The Kier molecular flexibility index (Phi) is 4.86. The highest BCUT2D eigenvalue weighted by molar-refractivity contribution is 6.01. The number of anilines is 1. The minimum absolute atomic E-state index is 0.0359. The van der Waals surface area contributed by atoms with Crippen LogP contribution in [0.4, 0.5) is 11.4 Å². The minimum Gasteiger partial charge on any atom is -0.465 e. The van der Waals surface area contributed by atoms with Crippen LogP contribution < -0.4 is 4.90 Å². The molecule has 1 aromatic rings. The summed E-state index contributed by atoms with van der Waals surface area (Å²) in [6.07, 6.45) is -0.897. The first-order valence-corrected chi connectivity index (χ1v) is 7.27. The van der Waals surface area contributed by atoms with Gasteiger partial charge in [0.25, 0.3) is 5.69 Å². The largest absolute Gasteiger partial charge is 0.465 e. The van der Waals surface area contributed by atoms with Crippen LogP contribution in [0.25, 0.3) is 0 Å². The lowest BCUT2D eigenvalue weighted by Gasteiger charge is -2.39. The summed E-state index contributed by atoms with van der Waals surface area (Å²) in [5.41, 5.74) is -1.93. The normalized spacial score (nSPS) is 21.7. The van der Waals surface area contributed by atoms with Gasteiger partial charge in [0, 0.05) is 12.5 Å². The summed E-state index contributed by atoms with van der Waals surface area (Å²) in [5, 5.41) is 31.2. The van der Waals surface area contributed by atoms with E-state index in [2.05, 4.69) is 4.74 Å². The number of benzene rings is 1. The van der Waals surface area contributed by atoms with Crippen molar-refractivity contribution in [3.05, 3.63) is 33.9 Å². The number of carbonyl (C=O) groups excluding carboxylic acids is 2. The lowest BCUT2D eigenvalue weighted by atomic mass is 9.90. The third-order valence-corrected chi connectivity index (χ3v) is 4.35. The molecule has 2 atom stereocenters. The maximum Gasteiger partial charge on any atom is 0.338 e. The fourth-order valence-electron chi connectivity index (χ4n) is 2.95. The Morgan fingerprint density at radius 2 is 2.21 bits per heavy atom. The number of methoxy groups -OCH3 is 1. The molecule has 0 aromatic heterocycles. The number of carbonyl (C=O) groups is 2. The van der Waals surface area contributed by atoms with Crippen LogP contribution in [-0.2, 0) is 9.53 Å². The molecule has 0 saturated carbocycles. The van der Waals surface area contributed by atoms with Crippen LogP contribution in [0.1, 0.15) is 30.1 Å². The zero-order valence-corrected chi connectivity index (χ0v) is 13.3. The Bertz CT molecular complexity index is 688. The maximum atomic E-state index is 12.3. The second-order valence-corrected chi connectivity index (χ2v) is 5.62. The van der Waals surface area contributed by atoms with Gasteiger partial charge >= 0.3 is 5.97 Å². The highest BCUT2D eigenvalue weighted by Crippen LogP contribution is 2.41. The molecule has 24 heavy (non-hydrogen) atoms. The van der Waals surface area contributed by atoms with E-state index in [1.807, 2.05) is 0 Å². The molecule has 1 fully saturated rings. The van der Waals surface area contributed by atoms with Gasteiger partial charge in [-0.3, -0.25) is 19.8 Å². The fraction of sp³-hybridized carbons (Fsp3) is 0.467. The molecule has 1 amide bonds. The van der Waals surface area contributed by atoms with Crippen LogP contribution in [-0.4, -0.2) is 52.4 Å². The predicted molar refractivity (Wildman–Crippen MR) is 82.7 cm³/mol. The molecule has 0 radical (unpaired) electrons. The number of nitro groups is 1. The molecular weight excluding hydrogens is 320 g/mol. The zero-order valence-electron chi connectivity index (χ0n) is 13.3. The molecule has 2 unspecified atom stereocenters. The summed E-state index contributed by atoms with van der Waals surface area (Å²) in [7, 11) is 1.15. The molecule has 1 saturated heterocycles. The van der Waals surface area contributed by atoms with Crippen molar-refractivity contribution in [1.82, 2.24) is 0 Å².